The number of nitrogens with zero attached hydrogens (tertiary/aromatic N) is 1. The second kappa shape index (κ2) is 5.85. The maximum atomic E-state index is 11.9. The largest absolute Gasteiger partial charge is 0.359 e. The van der Waals surface area contributed by atoms with Gasteiger partial charge < -0.3 is 4.52 Å². The summed E-state index contributed by atoms with van der Waals surface area (Å²) in [6.45, 7) is 2.02. The molecule has 0 atom stereocenters. The molecule has 2 aromatic rings. The summed E-state index contributed by atoms with van der Waals surface area (Å²) in [6, 6.07) is 9.03. The molecule has 1 aromatic heterocycles. The smallest absolute Gasteiger partial charge is 0.216 e. The van der Waals surface area contributed by atoms with Crippen LogP contribution in [0.1, 0.15) is 16.9 Å². The number of rotatable bonds is 5. The molecular formula is C12H13BrN2O3S. The van der Waals surface area contributed by atoms with Gasteiger partial charge in [-0.3, -0.25) is 0 Å². The van der Waals surface area contributed by atoms with E-state index in [4.69, 9.17) is 4.52 Å². The molecule has 0 bridgehead atoms. The van der Waals surface area contributed by atoms with Gasteiger partial charge in [0, 0.05) is 6.07 Å². The van der Waals surface area contributed by atoms with E-state index in [-0.39, 0.29) is 12.3 Å². The highest BCUT2D eigenvalue weighted by molar-refractivity contribution is 9.10. The number of aromatic nitrogens is 1. The molecule has 0 saturated heterocycles. The molecule has 0 spiro atoms. The van der Waals surface area contributed by atoms with Gasteiger partial charge in [0.2, 0.25) is 10.0 Å². The molecule has 0 unspecified atom stereocenters. The molecule has 2 rings (SSSR count). The summed E-state index contributed by atoms with van der Waals surface area (Å²) in [5.41, 5.74) is 1.79. The quantitative estimate of drug-likeness (QED) is 0.903. The van der Waals surface area contributed by atoms with Crippen LogP contribution >= 0.6 is 15.9 Å². The maximum absolute atomic E-state index is 11.9. The minimum Gasteiger partial charge on any atom is -0.359 e. The van der Waals surface area contributed by atoms with Crippen LogP contribution in [0.3, 0.4) is 0 Å². The average molecular weight is 345 g/mol. The van der Waals surface area contributed by atoms with E-state index in [0.717, 1.165) is 11.1 Å². The van der Waals surface area contributed by atoms with Crippen molar-refractivity contribution in [1.82, 2.24) is 9.88 Å². The van der Waals surface area contributed by atoms with Gasteiger partial charge in [-0.15, -0.1) is 0 Å². The SMILES string of the molecule is Cc1cccc(CS(=O)(=O)NCc2cc(Br)no2)c1. The molecule has 0 radical (unpaired) electrons. The van der Waals surface area contributed by atoms with E-state index in [2.05, 4.69) is 25.8 Å². The van der Waals surface area contributed by atoms with E-state index in [9.17, 15) is 8.42 Å². The summed E-state index contributed by atoms with van der Waals surface area (Å²) in [6.07, 6.45) is 0. The van der Waals surface area contributed by atoms with Crippen molar-refractivity contribution in [3.8, 4) is 0 Å². The third kappa shape index (κ3) is 4.45. The molecule has 1 aromatic carbocycles. The number of hydrogen-bond donors (Lipinski definition) is 1. The number of halogens is 1. The number of nitrogens with one attached hydrogen (secondary N) is 1. The lowest BCUT2D eigenvalue weighted by Crippen LogP contribution is -2.24. The van der Waals surface area contributed by atoms with Gasteiger partial charge >= 0.3 is 0 Å². The van der Waals surface area contributed by atoms with Crippen molar-refractivity contribution >= 4 is 26.0 Å². The molecule has 7 heteroatoms. The Bertz CT molecular complexity index is 667. The van der Waals surface area contributed by atoms with Crippen LogP contribution in [-0.4, -0.2) is 13.6 Å². The van der Waals surface area contributed by atoms with Gasteiger partial charge in [0.05, 0.1) is 12.3 Å². The van der Waals surface area contributed by atoms with Crippen LogP contribution in [0.2, 0.25) is 0 Å². The Morgan fingerprint density at radius 1 is 1.37 bits per heavy atom. The molecule has 1 N–H and O–H groups in total. The highest BCUT2D eigenvalue weighted by Crippen LogP contribution is 2.11. The predicted octanol–water partition coefficient (Wildman–Crippen LogP) is 2.37. The number of aryl methyl sites for hydroxylation is 1. The van der Waals surface area contributed by atoms with Gasteiger partial charge in [0.25, 0.3) is 0 Å². The zero-order chi connectivity index (χ0) is 13.9. The first kappa shape index (κ1) is 14.2. The van der Waals surface area contributed by atoms with E-state index < -0.39 is 10.0 Å². The summed E-state index contributed by atoms with van der Waals surface area (Å²) in [5.74, 6) is 0.406. The lowest BCUT2D eigenvalue weighted by atomic mass is 10.2. The van der Waals surface area contributed by atoms with Gasteiger partial charge in [-0.05, 0) is 28.4 Å². The number of benzene rings is 1. The minimum atomic E-state index is -3.39. The van der Waals surface area contributed by atoms with Crippen molar-refractivity contribution in [3.05, 3.63) is 51.8 Å². The molecule has 0 aliphatic heterocycles. The first-order valence-electron chi connectivity index (χ1n) is 5.58. The molecule has 1 heterocycles. The van der Waals surface area contributed by atoms with Crippen LogP contribution in [0, 0.1) is 6.92 Å². The number of sulfonamides is 1. The molecule has 0 aliphatic rings. The van der Waals surface area contributed by atoms with E-state index in [1.807, 2.05) is 25.1 Å². The Kier molecular flexibility index (Phi) is 4.38. The van der Waals surface area contributed by atoms with Gasteiger partial charge in [0.15, 0.2) is 5.76 Å². The third-order valence-electron chi connectivity index (χ3n) is 2.44. The van der Waals surface area contributed by atoms with Gasteiger partial charge in [-0.1, -0.05) is 35.0 Å². The first-order valence-corrected chi connectivity index (χ1v) is 8.03. The van der Waals surface area contributed by atoms with Crippen LogP contribution in [0.25, 0.3) is 0 Å². The molecule has 19 heavy (non-hydrogen) atoms. The van der Waals surface area contributed by atoms with Crippen LogP contribution in [0.4, 0.5) is 0 Å². The highest BCUT2D eigenvalue weighted by Gasteiger charge is 2.13. The molecular weight excluding hydrogens is 332 g/mol. The lowest BCUT2D eigenvalue weighted by Gasteiger charge is -2.05. The fourth-order valence-electron chi connectivity index (χ4n) is 1.62. The van der Waals surface area contributed by atoms with E-state index in [1.54, 1.807) is 12.1 Å². The average Bonchev–Trinajstić information content (AvgIpc) is 2.72. The van der Waals surface area contributed by atoms with Crippen LogP contribution in [-0.2, 0) is 22.3 Å². The topological polar surface area (TPSA) is 72.2 Å². The monoisotopic (exact) mass is 344 g/mol. The van der Waals surface area contributed by atoms with E-state index in [1.165, 1.54) is 0 Å². The van der Waals surface area contributed by atoms with Crippen LogP contribution in [0.15, 0.2) is 39.5 Å². The lowest BCUT2D eigenvalue weighted by molar-refractivity contribution is 0.377. The molecule has 0 saturated carbocycles. The fourth-order valence-corrected chi connectivity index (χ4v) is 3.03. The summed E-state index contributed by atoms with van der Waals surface area (Å²) < 4.78 is 31.7. The van der Waals surface area contributed by atoms with Crippen molar-refractivity contribution in [1.29, 1.82) is 0 Å². The van der Waals surface area contributed by atoms with Crippen molar-refractivity contribution in [3.63, 3.8) is 0 Å². The van der Waals surface area contributed by atoms with E-state index >= 15 is 0 Å². The zero-order valence-corrected chi connectivity index (χ0v) is 12.7. The minimum absolute atomic E-state index is 0.0516. The maximum Gasteiger partial charge on any atom is 0.216 e. The Morgan fingerprint density at radius 3 is 2.79 bits per heavy atom. The van der Waals surface area contributed by atoms with Crippen molar-refractivity contribution < 1.29 is 12.9 Å². The third-order valence-corrected chi connectivity index (χ3v) is 4.11. The highest BCUT2D eigenvalue weighted by atomic mass is 79.9. The van der Waals surface area contributed by atoms with Gasteiger partial charge in [0.1, 0.15) is 4.60 Å². The second-order valence-corrected chi connectivity index (χ2v) is 6.80. The van der Waals surface area contributed by atoms with Crippen LogP contribution in [0.5, 0.6) is 0 Å². The summed E-state index contributed by atoms with van der Waals surface area (Å²) in [4.78, 5) is 0. The second-order valence-electron chi connectivity index (χ2n) is 4.19. The van der Waals surface area contributed by atoms with Gasteiger partial charge in [-0.25, -0.2) is 13.1 Å². The molecule has 0 fully saturated rings. The van der Waals surface area contributed by atoms with E-state index in [0.29, 0.717) is 10.4 Å². The predicted molar refractivity (Wildman–Crippen MR) is 74.8 cm³/mol. The summed E-state index contributed by atoms with van der Waals surface area (Å²) >= 11 is 3.13. The summed E-state index contributed by atoms with van der Waals surface area (Å²) in [5, 5.41) is 3.62. The molecule has 0 amide bonds. The fraction of sp³-hybridized carbons (Fsp3) is 0.250. The Labute approximate surface area is 120 Å². The molecule has 5 nitrogen and oxygen atoms in total. The Morgan fingerprint density at radius 2 is 2.16 bits per heavy atom. The molecule has 102 valence electrons. The van der Waals surface area contributed by atoms with Crippen LogP contribution < -0.4 is 4.72 Å². The zero-order valence-electron chi connectivity index (χ0n) is 10.3. The van der Waals surface area contributed by atoms with Crippen molar-refractivity contribution in [2.24, 2.45) is 0 Å². The van der Waals surface area contributed by atoms with Crippen molar-refractivity contribution in [2.45, 2.75) is 19.2 Å². The number of hydrogen-bond acceptors (Lipinski definition) is 4. The Hall–Kier alpha value is -1.18. The normalized spacial score (nSPS) is 11.7. The van der Waals surface area contributed by atoms with Gasteiger partial charge in [-0.2, -0.15) is 0 Å². The summed E-state index contributed by atoms with van der Waals surface area (Å²) in [7, 11) is -3.39. The molecule has 0 aliphatic carbocycles. The first-order chi connectivity index (χ1) is 8.94. The van der Waals surface area contributed by atoms with Crippen molar-refractivity contribution in [2.75, 3.05) is 0 Å². The Balaban J connectivity index is 1.99. The standard InChI is InChI=1S/C12H13BrN2O3S/c1-9-3-2-4-10(5-9)8-19(16,17)14-7-11-6-12(13)15-18-11/h2-6,14H,7-8H2,1H3.